The normalized spacial score (nSPS) is 12.5. The molecular weight excluding hydrogens is 192 g/mol. The zero-order valence-corrected chi connectivity index (χ0v) is 7.93. The van der Waals surface area contributed by atoms with Crippen molar-refractivity contribution < 1.29 is 0 Å². The number of rotatable bonds is 3. The SMILES string of the molecule is CC(N)CNc1cn[nH]c(=O)c1Cl. The first-order valence-corrected chi connectivity index (χ1v) is 4.21. The van der Waals surface area contributed by atoms with Crippen LogP contribution in [0.25, 0.3) is 0 Å². The molecule has 0 fully saturated rings. The molecule has 0 aromatic carbocycles. The van der Waals surface area contributed by atoms with Crippen LogP contribution < -0.4 is 16.6 Å². The van der Waals surface area contributed by atoms with Crippen LogP contribution in [0.2, 0.25) is 5.02 Å². The molecule has 1 atom stereocenters. The molecule has 0 saturated heterocycles. The Morgan fingerprint density at radius 1 is 1.85 bits per heavy atom. The summed E-state index contributed by atoms with van der Waals surface area (Å²) in [5, 5.41) is 8.84. The van der Waals surface area contributed by atoms with Gasteiger partial charge < -0.3 is 11.1 Å². The molecule has 1 unspecified atom stereocenters. The van der Waals surface area contributed by atoms with Crippen LogP contribution >= 0.6 is 11.6 Å². The number of halogens is 1. The maximum atomic E-state index is 11.0. The number of aromatic amines is 1. The molecule has 0 spiro atoms. The largest absolute Gasteiger partial charge is 0.381 e. The number of nitrogens with one attached hydrogen (secondary N) is 2. The van der Waals surface area contributed by atoms with Crippen molar-refractivity contribution in [3.05, 3.63) is 21.6 Å². The van der Waals surface area contributed by atoms with Crippen LogP contribution in [0.15, 0.2) is 11.0 Å². The zero-order valence-electron chi connectivity index (χ0n) is 7.17. The van der Waals surface area contributed by atoms with E-state index < -0.39 is 5.56 Å². The topological polar surface area (TPSA) is 83.8 Å². The molecule has 1 heterocycles. The molecule has 0 saturated carbocycles. The number of nitrogens with two attached hydrogens (primary N) is 1. The van der Waals surface area contributed by atoms with Crippen molar-refractivity contribution in [3.8, 4) is 0 Å². The number of H-pyrrole nitrogens is 1. The Hall–Kier alpha value is -1.07. The van der Waals surface area contributed by atoms with E-state index in [1.807, 2.05) is 6.92 Å². The van der Waals surface area contributed by atoms with Crippen molar-refractivity contribution in [3.63, 3.8) is 0 Å². The molecule has 0 amide bonds. The van der Waals surface area contributed by atoms with Crippen molar-refractivity contribution in [2.24, 2.45) is 5.73 Å². The van der Waals surface area contributed by atoms with Crippen LogP contribution in [0.1, 0.15) is 6.92 Å². The number of nitrogens with zero attached hydrogens (tertiary/aromatic N) is 1. The Morgan fingerprint density at radius 2 is 2.54 bits per heavy atom. The summed E-state index contributed by atoms with van der Waals surface area (Å²) >= 11 is 5.69. The van der Waals surface area contributed by atoms with E-state index in [4.69, 9.17) is 17.3 Å². The Balaban J connectivity index is 2.77. The summed E-state index contributed by atoms with van der Waals surface area (Å²) in [5.74, 6) is 0. The molecule has 1 rings (SSSR count). The van der Waals surface area contributed by atoms with Gasteiger partial charge in [-0.05, 0) is 6.92 Å². The van der Waals surface area contributed by atoms with Crippen LogP contribution in [0.3, 0.4) is 0 Å². The van der Waals surface area contributed by atoms with Gasteiger partial charge in [0.25, 0.3) is 5.56 Å². The average molecular weight is 203 g/mol. The van der Waals surface area contributed by atoms with Gasteiger partial charge >= 0.3 is 0 Å². The van der Waals surface area contributed by atoms with Gasteiger partial charge in [-0.25, -0.2) is 5.10 Å². The minimum absolute atomic E-state index is 0.00430. The van der Waals surface area contributed by atoms with E-state index in [0.29, 0.717) is 12.2 Å². The summed E-state index contributed by atoms with van der Waals surface area (Å²) in [7, 11) is 0. The first kappa shape index (κ1) is 10.0. The van der Waals surface area contributed by atoms with Crippen molar-refractivity contribution in [2.75, 3.05) is 11.9 Å². The van der Waals surface area contributed by atoms with E-state index in [2.05, 4.69) is 15.5 Å². The highest BCUT2D eigenvalue weighted by Gasteiger charge is 2.04. The second-order valence-electron chi connectivity index (χ2n) is 2.78. The summed E-state index contributed by atoms with van der Waals surface area (Å²) in [6, 6.07) is -0.00430. The Kier molecular flexibility index (Phi) is 3.27. The zero-order chi connectivity index (χ0) is 9.84. The van der Waals surface area contributed by atoms with Gasteiger partial charge in [-0.15, -0.1) is 0 Å². The van der Waals surface area contributed by atoms with Gasteiger partial charge in [0.2, 0.25) is 0 Å². The maximum Gasteiger partial charge on any atom is 0.285 e. The molecule has 5 nitrogen and oxygen atoms in total. The molecule has 13 heavy (non-hydrogen) atoms. The van der Waals surface area contributed by atoms with Crippen LogP contribution in [0, 0.1) is 0 Å². The summed E-state index contributed by atoms with van der Waals surface area (Å²) in [5.41, 5.74) is 5.61. The number of hydrogen-bond donors (Lipinski definition) is 3. The summed E-state index contributed by atoms with van der Waals surface area (Å²) in [4.78, 5) is 11.0. The van der Waals surface area contributed by atoms with Crippen LogP contribution in [0.4, 0.5) is 5.69 Å². The fourth-order valence-corrected chi connectivity index (χ4v) is 0.936. The molecule has 4 N–H and O–H groups in total. The van der Waals surface area contributed by atoms with Crippen molar-refractivity contribution >= 4 is 17.3 Å². The summed E-state index contributed by atoms with van der Waals surface area (Å²) in [6.45, 7) is 2.40. The van der Waals surface area contributed by atoms with E-state index in [1.165, 1.54) is 6.20 Å². The Morgan fingerprint density at radius 3 is 3.15 bits per heavy atom. The third-order valence-electron chi connectivity index (χ3n) is 1.41. The van der Waals surface area contributed by atoms with Gasteiger partial charge in [-0.3, -0.25) is 4.79 Å². The summed E-state index contributed by atoms with van der Waals surface area (Å²) < 4.78 is 0. The average Bonchev–Trinajstić information content (AvgIpc) is 2.07. The standard InChI is InChI=1S/C7H11ClN4O/c1-4(9)2-10-5-3-11-12-7(13)6(5)8/h3-4H,2,9H2,1H3,(H2,10,12,13). The van der Waals surface area contributed by atoms with Gasteiger partial charge in [-0.1, -0.05) is 11.6 Å². The number of anilines is 1. The predicted molar refractivity (Wildman–Crippen MR) is 52.0 cm³/mol. The third kappa shape index (κ3) is 2.71. The molecule has 0 aliphatic carbocycles. The molecule has 1 aromatic heterocycles. The molecule has 6 heteroatoms. The quantitative estimate of drug-likeness (QED) is 0.653. The highest BCUT2D eigenvalue weighted by atomic mass is 35.5. The smallest absolute Gasteiger partial charge is 0.285 e. The van der Waals surface area contributed by atoms with Gasteiger partial charge in [0.05, 0.1) is 11.9 Å². The fraction of sp³-hybridized carbons (Fsp3) is 0.429. The lowest BCUT2D eigenvalue weighted by molar-refractivity contribution is 0.778. The highest BCUT2D eigenvalue weighted by molar-refractivity contribution is 6.32. The van der Waals surface area contributed by atoms with Gasteiger partial charge in [-0.2, -0.15) is 5.10 Å². The number of hydrogen-bond acceptors (Lipinski definition) is 4. The monoisotopic (exact) mass is 202 g/mol. The lowest BCUT2D eigenvalue weighted by Crippen LogP contribution is -2.26. The molecule has 0 aliphatic heterocycles. The fourth-order valence-electron chi connectivity index (χ4n) is 0.778. The first-order valence-electron chi connectivity index (χ1n) is 3.84. The van der Waals surface area contributed by atoms with Crippen LogP contribution in [-0.4, -0.2) is 22.8 Å². The molecule has 1 aromatic rings. The number of aromatic nitrogens is 2. The lowest BCUT2D eigenvalue weighted by atomic mass is 10.3. The van der Waals surface area contributed by atoms with Crippen molar-refractivity contribution in [1.29, 1.82) is 0 Å². The molecule has 72 valence electrons. The Bertz CT molecular complexity index is 336. The first-order chi connectivity index (χ1) is 6.11. The van der Waals surface area contributed by atoms with E-state index >= 15 is 0 Å². The van der Waals surface area contributed by atoms with Crippen LogP contribution in [-0.2, 0) is 0 Å². The van der Waals surface area contributed by atoms with E-state index in [-0.39, 0.29) is 11.1 Å². The van der Waals surface area contributed by atoms with E-state index in [9.17, 15) is 4.79 Å². The van der Waals surface area contributed by atoms with E-state index in [0.717, 1.165) is 0 Å². The van der Waals surface area contributed by atoms with Gasteiger partial charge in [0.1, 0.15) is 5.02 Å². The highest BCUT2D eigenvalue weighted by Crippen LogP contribution is 2.13. The second-order valence-corrected chi connectivity index (χ2v) is 3.16. The Labute approximate surface area is 80.3 Å². The van der Waals surface area contributed by atoms with Crippen molar-refractivity contribution in [2.45, 2.75) is 13.0 Å². The van der Waals surface area contributed by atoms with Gasteiger partial charge in [0, 0.05) is 12.6 Å². The second kappa shape index (κ2) is 4.25. The van der Waals surface area contributed by atoms with E-state index in [1.54, 1.807) is 0 Å². The van der Waals surface area contributed by atoms with Gasteiger partial charge in [0.15, 0.2) is 0 Å². The maximum absolute atomic E-state index is 11.0. The molecule has 0 aliphatic rings. The van der Waals surface area contributed by atoms with Crippen molar-refractivity contribution in [1.82, 2.24) is 10.2 Å². The minimum Gasteiger partial charge on any atom is -0.381 e. The lowest BCUT2D eigenvalue weighted by Gasteiger charge is -2.08. The predicted octanol–water partition coefficient (Wildman–Crippen LogP) is 0.182. The summed E-state index contributed by atoms with van der Waals surface area (Å²) in [6.07, 6.45) is 1.45. The third-order valence-corrected chi connectivity index (χ3v) is 1.79. The van der Waals surface area contributed by atoms with Crippen LogP contribution in [0.5, 0.6) is 0 Å². The minimum atomic E-state index is -0.406. The molecule has 0 bridgehead atoms. The molecule has 0 radical (unpaired) electrons. The molecular formula is C7H11ClN4O.